The van der Waals surface area contributed by atoms with Gasteiger partial charge in [0.25, 0.3) is 0 Å². The molecule has 4 aromatic carbocycles. The highest BCUT2D eigenvalue weighted by Gasteiger charge is 2.11. The monoisotopic (exact) mass is 430 g/mol. The van der Waals surface area contributed by atoms with Gasteiger partial charge in [-0.25, -0.2) is 0 Å². The number of hydrogen-bond acceptors (Lipinski definition) is 4. The van der Waals surface area contributed by atoms with Gasteiger partial charge in [-0.1, -0.05) is 72.8 Å². The maximum absolute atomic E-state index is 6.09. The molecule has 5 rings (SSSR count). The minimum absolute atomic E-state index is 0.301. The van der Waals surface area contributed by atoms with Crippen LogP contribution in [0.4, 0.5) is 0 Å². The molecule has 0 fully saturated rings. The van der Waals surface area contributed by atoms with Crippen molar-refractivity contribution < 1.29 is 9.47 Å². The highest BCUT2D eigenvalue weighted by atomic mass is 16.5. The predicted octanol–water partition coefficient (Wildman–Crippen LogP) is 7.28. The molecule has 0 radical (unpaired) electrons. The molecule has 0 unspecified atom stereocenters. The Labute approximate surface area is 193 Å². The maximum Gasteiger partial charge on any atom is 0.323 e. The van der Waals surface area contributed by atoms with Crippen LogP contribution in [0.5, 0.6) is 17.5 Å². The molecule has 160 valence electrons. The van der Waals surface area contributed by atoms with Crippen molar-refractivity contribution in [3.63, 3.8) is 0 Å². The maximum atomic E-state index is 6.09. The zero-order chi connectivity index (χ0) is 22.5. The average Bonchev–Trinajstić information content (AvgIpc) is 2.90. The lowest BCUT2D eigenvalue weighted by atomic mass is 10.1. The van der Waals surface area contributed by atoms with E-state index in [1.54, 1.807) is 7.11 Å². The van der Waals surface area contributed by atoms with Gasteiger partial charge >= 0.3 is 6.01 Å². The predicted molar refractivity (Wildman–Crippen MR) is 131 cm³/mol. The van der Waals surface area contributed by atoms with Crippen LogP contribution in [0.15, 0.2) is 115 Å². The number of hydrogen-bond donors (Lipinski definition) is 0. The number of benzene rings is 4. The summed E-state index contributed by atoms with van der Waals surface area (Å²) in [6.45, 7) is 0. The molecule has 1 heterocycles. The normalized spacial score (nSPS) is 10.6. The molecule has 0 saturated carbocycles. The van der Waals surface area contributed by atoms with Gasteiger partial charge in [-0.3, -0.25) is 0 Å². The van der Waals surface area contributed by atoms with E-state index in [0.29, 0.717) is 11.8 Å². The van der Waals surface area contributed by atoms with Crippen LogP contribution < -0.4 is 9.47 Å². The number of aromatic nitrogens is 2. The Morgan fingerprint density at radius 2 is 0.939 bits per heavy atom. The quantitative estimate of drug-likeness (QED) is 0.284. The van der Waals surface area contributed by atoms with E-state index in [-0.39, 0.29) is 0 Å². The van der Waals surface area contributed by atoms with E-state index in [9.17, 15) is 0 Å². The zero-order valence-electron chi connectivity index (χ0n) is 18.2. The molecule has 5 aromatic rings. The minimum atomic E-state index is 0.301. The van der Waals surface area contributed by atoms with E-state index < -0.39 is 0 Å². The number of methoxy groups -OCH3 is 1. The molecule has 1 aromatic heterocycles. The Morgan fingerprint density at radius 3 is 1.52 bits per heavy atom. The van der Waals surface area contributed by atoms with Gasteiger partial charge in [-0.2, -0.15) is 9.97 Å². The smallest absolute Gasteiger partial charge is 0.323 e. The van der Waals surface area contributed by atoms with Crippen molar-refractivity contribution in [2.45, 2.75) is 0 Å². The van der Waals surface area contributed by atoms with Crippen LogP contribution in [-0.2, 0) is 0 Å². The molecule has 33 heavy (non-hydrogen) atoms. The molecular weight excluding hydrogens is 408 g/mol. The second kappa shape index (κ2) is 9.37. The Balaban J connectivity index is 1.49. The lowest BCUT2D eigenvalue weighted by Gasteiger charge is -2.10. The summed E-state index contributed by atoms with van der Waals surface area (Å²) in [6, 6.07) is 38.3. The fourth-order valence-corrected chi connectivity index (χ4v) is 3.59. The molecule has 4 nitrogen and oxygen atoms in total. The van der Waals surface area contributed by atoms with Crippen LogP contribution in [0.1, 0.15) is 0 Å². The van der Waals surface area contributed by atoms with Crippen LogP contribution in [0.3, 0.4) is 0 Å². The van der Waals surface area contributed by atoms with Crippen molar-refractivity contribution in [3.8, 4) is 51.2 Å². The highest BCUT2D eigenvalue weighted by molar-refractivity contribution is 5.69. The van der Waals surface area contributed by atoms with Crippen LogP contribution in [-0.4, -0.2) is 17.1 Å². The average molecular weight is 431 g/mol. The molecule has 0 atom stereocenters. The molecule has 0 N–H and O–H groups in total. The summed E-state index contributed by atoms with van der Waals surface area (Å²) in [5, 5.41) is 0. The summed E-state index contributed by atoms with van der Waals surface area (Å²) >= 11 is 0. The van der Waals surface area contributed by atoms with Gasteiger partial charge in [-0.05, 0) is 53.6 Å². The fourth-order valence-electron chi connectivity index (χ4n) is 3.59. The largest absolute Gasteiger partial charge is 0.497 e. The summed E-state index contributed by atoms with van der Waals surface area (Å²) in [4.78, 5) is 9.37. The van der Waals surface area contributed by atoms with Gasteiger partial charge in [0.2, 0.25) is 0 Å². The minimum Gasteiger partial charge on any atom is -0.497 e. The first-order valence-electron chi connectivity index (χ1n) is 10.7. The third-order valence-electron chi connectivity index (χ3n) is 5.33. The van der Waals surface area contributed by atoms with Crippen LogP contribution in [0.25, 0.3) is 33.6 Å². The van der Waals surface area contributed by atoms with Gasteiger partial charge < -0.3 is 9.47 Å². The van der Waals surface area contributed by atoms with Gasteiger partial charge in [0.15, 0.2) is 0 Å². The fraction of sp³-hybridized carbons (Fsp3) is 0.0345. The molecule has 0 aliphatic heterocycles. The molecule has 0 aliphatic carbocycles. The Kier molecular flexibility index (Phi) is 5.81. The SMILES string of the molecule is COc1ccc(-c2cc(-c3ccccc3)nc(Oc3ccc(-c4ccccc4)cc3)n2)cc1. The molecule has 0 spiro atoms. The topological polar surface area (TPSA) is 44.2 Å². The first-order chi connectivity index (χ1) is 16.3. The Bertz CT molecular complexity index is 1330. The molecular formula is C29H22N2O2. The van der Waals surface area contributed by atoms with Crippen molar-refractivity contribution in [1.82, 2.24) is 9.97 Å². The third kappa shape index (κ3) is 4.75. The van der Waals surface area contributed by atoms with E-state index in [1.165, 1.54) is 0 Å². The summed E-state index contributed by atoms with van der Waals surface area (Å²) < 4.78 is 11.4. The van der Waals surface area contributed by atoms with E-state index in [2.05, 4.69) is 22.1 Å². The van der Waals surface area contributed by atoms with Crippen molar-refractivity contribution in [2.24, 2.45) is 0 Å². The van der Waals surface area contributed by atoms with Gasteiger partial charge in [0.1, 0.15) is 11.5 Å². The van der Waals surface area contributed by atoms with Crippen molar-refractivity contribution >= 4 is 0 Å². The summed E-state index contributed by atoms with van der Waals surface area (Å²) in [7, 11) is 1.65. The second-order valence-corrected chi connectivity index (χ2v) is 7.51. The number of rotatable bonds is 6. The Morgan fingerprint density at radius 1 is 0.485 bits per heavy atom. The molecule has 4 heteroatoms. The lowest BCUT2D eigenvalue weighted by Crippen LogP contribution is -1.97. The van der Waals surface area contributed by atoms with Gasteiger partial charge in [0, 0.05) is 11.1 Å². The zero-order valence-corrected chi connectivity index (χ0v) is 18.2. The highest BCUT2D eigenvalue weighted by Crippen LogP contribution is 2.30. The van der Waals surface area contributed by atoms with Gasteiger partial charge in [0.05, 0.1) is 18.5 Å². The molecule has 0 aliphatic rings. The van der Waals surface area contributed by atoms with Crippen LogP contribution >= 0.6 is 0 Å². The van der Waals surface area contributed by atoms with Crippen molar-refractivity contribution in [1.29, 1.82) is 0 Å². The summed E-state index contributed by atoms with van der Waals surface area (Å²) in [5.74, 6) is 1.48. The van der Waals surface area contributed by atoms with Crippen LogP contribution in [0, 0.1) is 0 Å². The second-order valence-electron chi connectivity index (χ2n) is 7.51. The van der Waals surface area contributed by atoms with Crippen molar-refractivity contribution in [2.75, 3.05) is 7.11 Å². The summed E-state index contributed by atoms with van der Waals surface area (Å²) in [6.07, 6.45) is 0. The molecule has 0 bridgehead atoms. The standard InChI is InChI=1S/C29H22N2O2/c1-32-25-16-14-24(15-17-25)28-20-27(23-10-6-3-7-11-23)30-29(31-28)33-26-18-12-22(13-19-26)21-8-4-2-5-9-21/h2-20H,1H3. The summed E-state index contributed by atoms with van der Waals surface area (Å²) in [5.41, 5.74) is 5.82. The van der Waals surface area contributed by atoms with E-state index in [1.807, 2.05) is 103 Å². The molecule has 0 amide bonds. The first kappa shape index (κ1) is 20.5. The van der Waals surface area contributed by atoms with E-state index >= 15 is 0 Å². The van der Waals surface area contributed by atoms with Crippen molar-refractivity contribution in [3.05, 3.63) is 115 Å². The number of nitrogens with zero attached hydrogens (tertiary/aromatic N) is 2. The van der Waals surface area contributed by atoms with E-state index in [4.69, 9.17) is 9.47 Å². The Hall–Kier alpha value is -4.44. The van der Waals surface area contributed by atoms with E-state index in [0.717, 1.165) is 39.4 Å². The van der Waals surface area contributed by atoms with Crippen LogP contribution in [0.2, 0.25) is 0 Å². The third-order valence-corrected chi connectivity index (χ3v) is 5.33. The first-order valence-corrected chi connectivity index (χ1v) is 10.7. The number of ether oxygens (including phenoxy) is 2. The van der Waals surface area contributed by atoms with Gasteiger partial charge in [-0.15, -0.1) is 0 Å². The molecule has 0 saturated heterocycles. The lowest BCUT2D eigenvalue weighted by molar-refractivity contribution is 0.415.